The van der Waals surface area contributed by atoms with Gasteiger partial charge in [0.1, 0.15) is 5.70 Å². The summed E-state index contributed by atoms with van der Waals surface area (Å²) in [7, 11) is 0. The smallest absolute Gasteiger partial charge is 0.355 e. The molecule has 2 aromatic rings. The molecule has 0 aliphatic rings. The van der Waals surface area contributed by atoms with Gasteiger partial charge >= 0.3 is 5.97 Å². The van der Waals surface area contributed by atoms with E-state index in [1.165, 1.54) is 13.0 Å². The van der Waals surface area contributed by atoms with Gasteiger partial charge in [0.05, 0.1) is 0 Å². The average molecular weight is 379 g/mol. The van der Waals surface area contributed by atoms with Crippen LogP contribution in [-0.2, 0) is 19.7 Å². The molecule has 0 aromatic heterocycles. The number of carbonyl (C=O) groups excluding carboxylic acids is 3. The van der Waals surface area contributed by atoms with Crippen molar-refractivity contribution >= 4 is 23.7 Å². The summed E-state index contributed by atoms with van der Waals surface area (Å²) in [4.78, 5) is 36.1. The number of hydrogen-bond acceptors (Lipinski definition) is 4. The summed E-state index contributed by atoms with van der Waals surface area (Å²) in [6.45, 7) is 7.17. The Morgan fingerprint density at radius 2 is 1.57 bits per heavy atom. The molecule has 0 radical (unpaired) electrons. The highest BCUT2D eigenvalue weighted by Crippen LogP contribution is 2.22. The normalized spacial score (nSPS) is 11.6. The first-order chi connectivity index (χ1) is 13.2. The molecular weight excluding hydrogens is 354 g/mol. The van der Waals surface area contributed by atoms with Gasteiger partial charge in [0.25, 0.3) is 0 Å². The molecule has 0 spiro atoms. The van der Waals surface area contributed by atoms with Gasteiger partial charge in [0.2, 0.25) is 5.91 Å². The van der Waals surface area contributed by atoms with E-state index in [0.29, 0.717) is 5.56 Å². The Morgan fingerprint density at radius 3 is 2.11 bits per heavy atom. The topological polar surface area (TPSA) is 72.5 Å². The third-order valence-electron chi connectivity index (χ3n) is 4.05. The summed E-state index contributed by atoms with van der Waals surface area (Å²) in [5.74, 6) is -1.47. The molecular formula is C23H25NO4. The second kappa shape index (κ2) is 9.13. The number of hydrogen-bond donors (Lipinski definition) is 1. The lowest BCUT2D eigenvalue weighted by atomic mass is 9.86. The number of carbonyl (C=O) groups is 3. The quantitative estimate of drug-likeness (QED) is 0.470. The summed E-state index contributed by atoms with van der Waals surface area (Å²) in [5, 5.41) is 2.45. The van der Waals surface area contributed by atoms with Crippen LogP contribution in [0.25, 0.3) is 6.08 Å². The van der Waals surface area contributed by atoms with E-state index >= 15 is 0 Å². The van der Waals surface area contributed by atoms with Gasteiger partial charge in [0.15, 0.2) is 12.4 Å². The highest BCUT2D eigenvalue weighted by Gasteiger charge is 2.17. The van der Waals surface area contributed by atoms with Gasteiger partial charge in [-0.25, -0.2) is 4.79 Å². The first-order valence-electron chi connectivity index (χ1n) is 9.02. The van der Waals surface area contributed by atoms with Crippen LogP contribution in [0.3, 0.4) is 0 Å². The molecule has 0 bridgehead atoms. The molecule has 0 atom stereocenters. The second-order valence-electron chi connectivity index (χ2n) is 7.48. The Bertz CT molecular complexity index is 875. The monoisotopic (exact) mass is 379 g/mol. The Balaban J connectivity index is 2.06. The van der Waals surface area contributed by atoms with Crippen LogP contribution in [0.15, 0.2) is 60.3 Å². The van der Waals surface area contributed by atoms with Crippen molar-refractivity contribution in [2.45, 2.75) is 33.1 Å². The van der Waals surface area contributed by atoms with Gasteiger partial charge in [0, 0.05) is 12.5 Å². The van der Waals surface area contributed by atoms with Gasteiger partial charge < -0.3 is 10.1 Å². The van der Waals surface area contributed by atoms with Crippen LogP contribution < -0.4 is 5.32 Å². The minimum Gasteiger partial charge on any atom is -0.453 e. The minimum absolute atomic E-state index is 0.0104. The van der Waals surface area contributed by atoms with Crippen molar-refractivity contribution in [1.82, 2.24) is 5.32 Å². The fourth-order valence-electron chi connectivity index (χ4n) is 2.50. The van der Waals surface area contributed by atoms with E-state index in [1.807, 2.05) is 30.3 Å². The van der Waals surface area contributed by atoms with E-state index in [4.69, 9.17) is 4.74 Å². The molecule has 0 saturated heterocycles. The summed E-state index contributed by atoms with van der Waals surface area (Å²) < 4.78 is 5.12. The predicted octanol–water partition coefficient (Wildman–Crippen LogP) is 3.89. The molecule has 28 heavy (non-hydrogen) atoms. The Kier molecular flexibility index (Phi) is 6.88. The minimum atomic E-state index is -0.765. The molecule has 2 rings (SSSR count). The fraction of sp³-hybridized carbons (Fsp3) is 0.261. The van der Waals surface area contributed by atoms with Gasteiger partial charge in [-0.3, -0.25) is 9.59 Å². The average Bonchev–Trinajstić information content (AvgIpc) is 2.65. The number of benzene rings is 2. The van der Waals surface area contributed by atoms with Crippen LogP contribution >= 0.6 is 0 Å². The SMILES string of the molecule is CC(=O)N/C(=C/c1ccccc1)C(=O)OCC(=O)c1ccc(C(C)(C)C)cc1. The largest absolute Gasteiger partial charge is 0.453 e. The summed E-state index contributed by atoms with van der Waals surface area (Å²) in [6.07, 6.45) is 1.51. The lowest BCUT2D eigenvalue weighted by Gasteiger charge is -2.19. The zero-order valence-corrected chi connectivity index (χ0v) is 16.6. The first-order valence-corrected chi connectivity index (χ1v) is 9.02. The van der Waals surface area contributed by atoms with Crippen LogP contribution in [0.4, 0.5) is 0 Å². The predicted molar refractivity (Wildman–Crippen MR) is 109 cm³/mol. The zero-order valence-electron chi connectivity index (χ0n) is 16.6. The Labute approximate surface area is 165 Å². The maximum atomic E-state index is 12.3. The van der Waals surface area contributed by atoms with Crippen molar-refractivity contribution in [3.8, 4) is 0 Å². The highest BCUT2D eigenvalue weighted by molar-refractivity contribution is 6.01. The van der Waals surface area contributed by atoms with Crippen molar-refractivity contribution in [3.05, 3.63) is 77.0 Å². The first kappa shape index (κ1) is 21.1. The van der Waals surface area contributed by atoms with Crippen molar-refractivity contribution in [1.29, 1.82) is 0 Å². The maximum absolute atomic E-state index is 12.3. The van der Waals surface area contributed by atoms with Crippen LogP contribution in [0.2, 0.25) is 0 Å². The molecule has 0 saturated carbocycles. The maximum Gasteiger partial charge on any atom is 0.355 e. The van der Waals surface area contributed by atoms with Gasteiger partial charge in [-0.05, 0) is 22.6 Å². The van der Waals surface area contributed by atoms with Crippen molar-refractivity contribution in [3.63, 3.8) is 0 Å². The molecule has 0 aliphatic carbocycles. The van der Waals surface area contributed by atoms with Crippen molar-refractivity contribution in [2.75, 3.05) is 6.61 Å². The standard InChI is InChI=1S/C23H25NO4/c1-16(25)24-20(14-17-8-6-5-7-9-17)22(27)28-15-21(26)18-10-12-19(13-11-18)23(2,3)4/h5-14H,15H2,1-4H3,(H,24,25)/b20-14+. The third-order valence-corrected chi connectivity index (χ3v) is 4.05. The zero-order chi connectivity index (χ0) is 20.7. The van der Waals surface area contributed by atoms with Gasteiger partial charge in [-0.15, -0.1) is 0 Å². The summed E-state index contributed by atoms with van der Waals surface area (Å²) in [5.41, 5.74) is 2.28. The molecule has 0 aliphatic heterocycles. The van der Waals surface area contributed by atoms with Crippen LogP contribution in [0.5, 0.6) is 0 Å². The number of rotatable bonds is 6. The molecule has 1 amide bonds. The second-order valence-corrected chi connectivity index (χ2v) is 7.48. The molecule has 0 unspecified atom stereocenters. The van der Waals surface area contributed by atoms with E-state index in [-0.39, 0.29) is 16.9 Å². The molecule has 0 heterocycles. The number of esters is 1. The van der Waals surface area contributed by atoms with Gasteiger partial charge in [-0.1, -0.05) is 75.4 Å². The van der Waals surface area contributed by atoms with Crippen LogP contribution in [-0.4, -0.2) is 24.3 Å². The van der Waals surface area contributed by atoms with E-state index < -0.39 is 18.5 Å². The number of ketones is 1. The molecule has 2 aromatic carbocycles. The van der Waals surface area contributed by atoms with E-state index in [0.717, 1.165) is 11.1 Å². The molecule has 5 nitrogen and oxygen atoms in total. The molecule has 5 heteroatoms. The van der Waals surface area contributed by atoms with E-state index in [2.05, 4.69) is 26.1 Å². The number of nitrogens with one attached hydrogen (secondary N) is 1. The molecule has 146 valence electrons. The summed E-state index contributed by atoms with van der Waals surface area (Å²) in [6, 6.07) is 16.3. The van der Waals surface area contributed by atoms with Crippen molar-refractivity contribution in [2.24, 2.45) is 0 Å². The summed E-state index contributed by atoms with van der Waals surface area (Å²) >= 11 is 0. The fourth-order valence-corrected chi connectivity index (χ4v) is 2.50. The highest BCUT2D eigenvalue weighted by atomic mass is 16.5. The number of amides is 1. The van der Waals surface area contributed by atoms with Crippen LogP contribution in [0, 0.1) is 0 Å². The molecule has 1 N–H and O–H groups in total. The molecule has 0 fully saturated rings. The van der Waals surface area contributed by atoms with E-state index in [9.17, 15) is 14.4 Å². The third kappa shape index (κ3) is 6.20. The van der Waals surface area contributed by atoms with Crippen molar-refractivity contribution < 1.29 is 19.1 Å². The number of Topliss-reactive ketones (excluding diaryl/α,β-unsaturated/α-hetero) is 1. The van der Waals surface area contributed by atoms with Crippen LogP contribution in [0.1, 0.15) is 49.2 Å². The van der Waals surface area contributed by atoms with E-state index in [1.54, 1.807) is 24.3 Å². The number of ether oxygens (including phenoxy) is 1. The Hall–Kier alpha value is -3.21. The lowest BCUT2D eigenvalue weighted by molar-refractivity contribution is -0.139. The Morgan fingerprint density at radius 1 is 0.964 bits per heavy atom. The van der Waals surface area contributed by atoms with Gasteiger partial charge in [-0.2, -0.15) is 0 Å². The lowest BCUT2D eigenvalue weighted by Crippen LogP contribution is -2.27.